The van der Waals surface area contributed by atoms with Crippen molar-refractivity contribution in [1.29, 1.82) is 0 Å². The molecule has 8 rings (SSSR count). The number of H-pyrrole nitrogens is 1. The Morgan fingerprint density at radius 3 is 2.00 bits per heavy atom. The highest BCUT2D eigenvalue weighted by atomic mass is 16.5. The molecule has 10 nitrogen and oxygen atoms in total. The number of aryl methyl sites for hydroxylation is 1. The Morgan fingerprint density at radius 1 is 0.737 bits per heavy atom. The molecule has 4 N–H and O–H groups in total. The van der Waals surface area contributed by atoms with Gasteiger partial charge >= 0.3 is 0 Å². The predicted octanol–water partition coefficient (Wildman–Crippen LogP) is 8.31. The van der Waals surface area contributed by atoms with Crippen LogP contribution in [0.3, 0.4) is 0 Å². The zero-order valence-electron chi connectivity index (χ0n) is 32.7. The standard InChI is InChI=1S/C32H32N4O3.C15H13NO2/c1-20-29(32(38)33-16-17-36(2)3)30(21-10-6-5-7-11-21)27(34-20)19-25-24-15-14-22(18-26(24)35-31(25)37)23-12-8-9-13-28(23)39-4;1-18-14-5-3-2-4-12(14)10-6-7-11-9-15(17)16-13(11)8-10/h5-15,18-19,34H,16-17H2,1-4H3,(H,33,38)(H,35,37);2-8H,9H2,1H3,(H,16,17). The van der Waals surface area contributed by atoms with E-state index in [1.807, 2.05) is 147 Å². The van der Waals surface area contributed by atoms with Gasteiger partial charge in [0.05, 0.1) is 31.8 Å². The molecule has 0 atom stereocenters. The summed E-state index contributed by atoms with van der Waals surface area (Å²) in [6, 6.07) is 37.4. The number of methoxy groups -OCH3 is 2. The van der Waals surface area contributed by atoms with Crippen LogP contribution in [0.5, 0.6) is 11.5 Å². The Hall–Kier alpha value is -6.91. The summed E-state index contributed by atoms with van der Waals surface area (Å²) in [7, 11) is 7.25. The van der Waals surface area contributed by atoms with E-state index in [2.05, 4.69) is 20.9 Å². The maximum Gasteiger partial charge on any atom is 0.256 e. The predicted molar refractivity (Wildman–Crippen MR) is 228 cm³/mol. The number of benzene rings is 5. The number of hydrogen-bond acceptors (Lipinski definition) is 6. The number of anilines is 2. The van der Waals surface area contributed by atoms with Gasteiger partial charge in [-0.2, -0.15) is 0 Å². The third-order valence-electron chi connectivity index (χ3n) is 10.0. The van der Waals surface area contributed by atoms with Crippen molar-refractivity contribution >= 4 is 40.7 Å². The molecule has 2 aliphatic rings. The Kier molecular flexibility index (Phi) is 11.3. The first kappa shape index (κ1) is 38.4. The van der Waals surface area contributed by atoms with Crippen LogP contribution in [-0.4, -0.2) is 69.0 Å². The number of ether oxygens (including phenoxy) is 2. The molecule has 288 valence electrons. The average molecular weight is 760 g/mol. The lowest BCUT2D eigenvalue weighted by atomic mass is 9.96. The Morgan fingerprint density at radius 2 is 1.35 bits per heavy atom. The smallest absolute Gasteiger partial charge is 0.256 e. The van der Waals surface area contributed by atoms with E-state index in [0.29, 0.717) is 29.8 Å². The van der Waals surface area contributed by atoms with Crippen LogP contribution in [0.15, 0.2) is 115 Å². The summed E-state index contributed by atoms with van der Waals surface area (Å²) >= 11 is 0. The molecule has 2 aliphatic heterocycles. The van der Waals surface area contributed by atoms with E-state index < -0.39 is 0 Å². The normalized spacial score (nSPS) is 13.3. The van der Waals surface area contributed by atoms with E-state index in [1.165, 1.54) is 0 Å². The van der Waals surface area contributed by atoms with Crippen LogP contribution in [0, 0.1) is 6.92 Å². The fourth-order valence-electron chi connectivity index (χ4n) is 7.23. The molecule has 3 heterocycles. The summed E-state index contributed by atoms with van der Waals surface area (Å²) in [5.74, 6) is 1.32. The summed E-state index contributed by atoms with van der Waals surface area (Å²) in [6.45, 7) is 3.16. The van der Waals surface area contributed by atoms with Gasteiger partial charge in [-0.3, -0.25) is 14.4 Å². The third-order valence-corrected chi connectivity index (χ3v) is 10.0. The van der Waals surface area contributed by atoms with Crippen molar-refractivity contribution in [2.24, 2.45) is 0 Å². The first-order valence-corrected chi connectivity index (χ1v) is 18.7. The Bertz CT molecular complexity index is 2500. The van der Waals surface area contributed by atoms with Crippen LogP contribution in [-0.2, 0) is 16.0 Å². The molecular formula is C47H45N5O5. The minimum atomic E-state index is -0.189. The van der Waals surface area contributed by atoms with Crippen molar-refractivity contribution in [3.63, 3.8) is 0 Å². The first-order chi connectivity index (χ1) is 27.6. The highest BCUT2D eigenvalue weighted by molar-refractivity contribution is 6.35. The number of aromatic amines is 1. The second kappa shape index (κ2) is 16.8. The molecular weight excluding hydrogens is 715 g/mol. The van der Waals surface area contributed by atoms with Crippen LogP contribution >= 0.6 is 0 Å². The average Bonchev–Trinajstić information content (AvgIpc) is 3.87. The molecule has 0 spiro atoms. The van der Waals surface area contributed by atoms with E-state index in [-0.39, 0.29) is 17.7 Å². The molecule has 57 heavy (non-hydrogen) atoms. The first-order valence-electron chi connectivity index (χ1n) is 18.7. The van der Waals surface area contributed by atoms with Gasteiger partial charge in [0.1, 0.15) is 11.5 Å². The van der Waals surface area contributed by atoms with Gasteiger partial charge in [0.25, 0.3) is 11.8 Å². The van der Waals surface area contributed by atoms with E-state index >= 15 is 0 Å². The van der Waals surface area contributed by atoms with Gasteiger partial charge in [-0.05, 0) is 73.6 Å². The summed E-state index contributed by atoms with van der Waals surface area (Å²) in [5, 5.41) is 8.91. The number of carbonyl (C=O) groups is 3. The fourth-order valence-corrected chi connectivity index (χ4v) is 7.23. The molecule has 5 aromatic carbocycles. The van der Waals surface area contributed by atoms with Crippen molar-refractivity contribution in [1.82, 2.24) is 15.2 Å². The summed E-state index contributed by atoms with van der Waals surface area (Å²) in [5.41, 5.74) is 11.7. The lowest BCUT2D eigenvalue weighted by molar-refractivity contribution is -0.115. The Labute approximate surface area is 332 Å². The van der Waals surface area contributed by atoms with Crippen molar-refractivity contribution in [2.45, 2.75) is 13.3 Å². The van der Waals surface area contributed by atoms with E-state index in [4.69, 9.17) is 9.47 Å². The van der Waals surface area contributed by atoms with Gasteiger partial charge in [-0.15, -0.1) is 0 Å². The maximum absolute atomic E-state index is 13.3. The number of aromatic nitrogens is 1. The topological polar surface area (TPSA) is 125 Å². The second-order valence-corrected chi connectivity index (χ2v) is 14.1. The van der Waals surface area contributed by atoms with Gasteiger partial charge in [0.15, 0.2) is 0 Å². The van der Waals surface area contributed by atoms with Gasteiger partial charge < -0.3 is 35.3 Å². The Balaban J connectivity index is 0.000000229. The fraction of sp³-hybridized carbons (Fsp3) is 0.170. The number of nitrogens with zero attached hydrogens (tertiary/aromatic N) is 1. The van der Waals surface area contributed by atoms with Crippen LogP contribution in [0.1, 0.15) is 32.9 Å². The highest BCUT2D eigenvalue weighted by Crippen LogP contribution is 2.40. The third kappa shape index (κ3) is 8.22. The lowest BCUT2D eigenvalue weighted by Crippen LogP contribution is -2.31. The molecule has 0 aliphatic carbocycles. The number of carbonyl (C=O) groups excluding carboxylic acids is 3. The van der Waals surface area contributed by atoms with Gasteiger partial charge in [0, 0.05) is 58.1 Å². The van der Waals surface area contributed by atoms with Crippen LogP contribution in [0.4, 0.5) is 11.4 Å². The van der Waals surface area contributed by atoms with Crippen LogP contribution < -0.4 is 25.4 Å². The molecule has 0 saturated heterocycles. The lowest BCUT2D eigenvalue weighted by Gasteiger charge is -2.12. The summed E-state index contributed by atoms with van der Waals surface area (Å²) in [4.78, 5) is 43.2. The molecule has 0 saturated carbocycles. The number of rotatable bonds is 10. The molecule has 0 unspecified atom stereocenters. The number of likely N-dealkylation sites (N-methyl/N-ethyl adjacent to an activating group) is 1. The van der Waals surface area contributed by atoms with Crippen molar-refractivity contribution in [3.05, 3.63) is 143 Å². The zero-order chi connectivity index (χ0) is 40.1. The quantitative estimate of drug-likeness (QED) is 0.104. The number of amides is 3. The minimum absolute atomic E-state index is 0.0576. The molecule has 10 heteroatoms. The zero-order valence-corrected chi connectivity index (χ0v) is 32.7. The second-order valence-electron chi connectivity index (χ2n) is 14.1. The van der Waals surface area contributed by atoms with E-state index in [9.17, 15) is 14.4 Å². The molecule has 6 aromatic rings. The van der Waals surface area contributed by atoms with Gasteiger partial charge in [-0.25, -0.2) is 0 Å². The highest BCUT2D eigenvalue weighted by Gasteiger charge is 2.28. The molecule has 0 radical (unpaired) electrons. The van der Waals surface area contributed by atoms with Crippen LogP contribution in [0.25, 0.3) is 45.0 Å². The monoisotopic (exact) mass is 759 g/mol. The SMILES string of the molecule is COc1ccccc1-c1ccc2c(c1)NC(=O)C2.COc1ccccc1-c1ccc2c(c1)NC(=O)C2=Cc1[nH]c(C)c(C(=O)NCCN(C)C)c1-c1ccccc1. The van der Waals surface area contributed by atoms with Gasteiger partial charge in [0.2, 0.25) is 5.91 Å². The van der Waals surface area contributed by atoms with E-state index in [1.54, 1.807) is 14.2 Å². The summed E-state index contributed by atoms with van der Waals surface area (Å²) < 4.78 is 10.9. The maximum atomic E-state index is 13.3. The number of fused-ring (bicyclic) bond motifs is 2. The molecule has 0 fully saturated rings. The number of para-hydroxylation sites is 2. The number of nitrogens with one attached hydrogen (secondary N) is 4. The van der Waals surface area contributed by atoms with Gasteiger partial charge in [-0.1, -0.05) is 91.0 Å². The molecule has 3 amide bonds. The molecule has 1 aromatic heterocycles. The van der Waals surface area contributed by atoms with Crippen molar-refractivity contribution in [2.75, 3.05) is 52.0 Å². The minimum Gasteiger partial charge on any atom is -0.496 e. The van der Waals surface area contributed by atoms with E-state index in [0.717, 1.165) is 79.6 Å². The van der Waals surface area contributed by atoms with Crippen molar-refractivity contribution < 1.29 is 23.9 Å². The van der Waals surface area contributed by atoms with Crippen molar-refractivity contribution in [3.8, 4) is 44.9 Å². The summed E-state index contributed by atoms with van der Waals surface area (Å²) in [6.07, 6.45) is 2.32. The number of hydrogen-bond donors (Lipinski definition) is 4. The van der Waals surface area contributed by atoms with Crippen LogP contribution in [0.2, 0.25) is 0 Å². The largest absolute Gasteiger partial charge is 0.496 e. The molecule has 0 bridgehead atoms.